The molecule has 0 aliphatic heterocycles. The molecule has 1 aromatic heterocycles. The molecule has 0 aliphatic rings. The van der Waals surface area contributed by atoms with Gasteiger partial charge in [-0.2, -0.15) is 5.10 Å². The lowest BCUT2D eigenvalue weighted by atomic mass is 10.1. The highest BCUT2D eigenvalue weighted by atomic mass is 35.5. The van der Waals surface area contributed by atoms with E-state index in [9.17, 15) is 9.59 Å². The Kier molecular flexibility index (Phi) is 6.29. The quantitative estimate of drug-likeness (QED) is 0.424. The molecule has 0 saturated carbocycles. The van der Waals surface area contributed by atoms with Gasteiger partial charge in [0, 0.05) is 32.9 Å². The SMILES string of the molecule is O=C(O)CCn1cc(C=CC(=O)c2ccc(Cl)cc2)c(-c2cccc(Cl)c2)n1. The number of ketones is 1. The molecule has 2 aromatic carbocycles. The molecule has 0 aliphatic carbocycles. The van der Waals surface area contributed by atoms with E-state index >= 15 is 0 Å². The van der Waals surface area contributed by atoms with Crippen molar-refractivity contribution < 1.29 is 14.7 Å². The van der Waals surface area contributed by atoms with Crippen molar-refractivity contribution in [1.29, 1.82) is 0 Å². The Labute approximate surface area is 171 Å². The minimum atomic E-state index is -0.908. The number of benzene rings is 2. The van der Waals surface area contributed by atoms with Gasteiger partial charge in [0.2, 0.25) is 0 Å². The summed E-state index contributed by atoms with van der Waals surface area (Å²) in [6.07, 6.45) is 4.78. The van der Waals surface area contributed by atoms with E-state index in [2.05, 4.69) is 5.10 Å². The molecule has 0 fully saturated rings. The lowest BCUT2D eigenvalue weighted by Gasteiger charge is -2.00. The number of hydrogen-bond acceptors (Lipinski definition) is 3. The van der Waals surface area contributed by atoms with Gasteiger partial charge in [-0.25, -0.2) is 0 Å². The van der Waals surface area contributed by atoms with Crippen LogP contribution in [0.5, 0.6) is 0 Å². The summed E-state index contributed by atoms with van der Waals surface area (Å²) >= 11 is 11.9. The maximum absolute atomic E-state index is 12.4. The fourth-order valence-corrected chi connectivity index (χ4v) is 2.94. The van der Waals surface area contributed by atoms with Crippen LogP contribution in [-0.2, 0) is 11.3 Å². The molecule has 142 valence electrons. The summed E-state index contributed by atoms with van der Waals surface area (Å²) < 4.78 is 1.55. The Bertz CT molecular complexity index is 1040. The van der Waals surface area contributed by atoms with Crippen molar-refractivity contribution in [2.45, 2.75) is 13.0 Å². The molecule has 3 rings (SSSR count). The minimum Gasteiger partial charge on any atom is -0.481 e. The van der Waals surface area contributed by atoms with Crippen LogP contribution in [0.1, 0.15) is 22.3 Å². The number of rotatable bonds is 7. The summed E-state index contributed by atoms with van der Waals surface area (Å²) in [5.74, 6) is -1.08. The van der Waals surface area contributed by atoms with Crippen molar-refractivity contribution in [3.63, 3.8) is 0 Å². The standard InChI is InChI=1S/C21H16Cl2N2O3/c22-17-7-4-14(5-8-17)19(26)9-6-16-13-25(11-10-20(27)28)24-21(16)15-2-1-3-18(23)12-15/h1-9,12-13H,10-11H2,(H,27,28). The number of carbonyl (C=O) groups excluding carboxylic acids is 1. The highest BCUT2D eigenvalue weighted by molar-refractivity contribution is 6.31. The molecule has 0 saturated heterocycles. The number of carbonyl (C=O) groups is 2. The predicted molar refractivity (Wildman–Crippen MR) is 110 cm³/mol. The molecule has 0 atom stereocenters. The number of allylic oxidation sites excluding steroid dienone is 1. The van der Waals surface area contributed by atoms with Crippen molar-refractivity contribution in [2.75, 3.05) is 0 Å². The molecule has 3 aromatic rings. The minimum absolute atomic E-state index is 0.0521. The molecular formula is C21H16Cl2N2O3. The summed E-state index contributed by atoms with van der Waals surface area (Å²) in [5.41, 5.74) is 2.60. The highest BCUT2D eigenvalue weighted by Gasteiger charge is 2.11. The molecule has 5 nitrogen and oxygen atoms in total. The van der Waals surface area contributed by atoms with E-state index in [0.717, 1.165) is 5.56 Å². The number of hydrogen-bond donors (Lipinski definition) is 1. The molecule has 0 bridgehead atoms. The fraction of sp³-hybridized carbons (Fsp3) is 0.0952. The van der Waals surface area contributed by atoms with Gasteiger partial charge in [0.05, 0.1) is 18.7 Å². The molecule has 0 unspecified atom stereocenters. The number of aliphatic carboxylic acids is 1. The largest absolute Gasteiger partial charge is 0.481 e. The van der Waals surface area contributed by atoms with E-state index < -0.39 is 5.97 Å². The molecule has 0 amide bonds. The topological polar surface area (TPSA) is 72.2 Å². The Morgan fingerprint density at radius 1 is 1.07 bits per heavy atom. The summed E-state index contributed by atoms with van der Waals surface area (Å²) in [6, 6.07) is 13.8. The monoisotopic (exact) mass is 414 g/mol. The molecule has 0 radical (unpaired) electrons. The highest BCUT2D eigenvalue weighted by Crippen LogP contribution is 2.26. The third kappa shape index (κ3) is 5.09. The molecule has 7 heteroatoms. The third-order valence-electron chi connectivity index (χ3n) is 3.99. The summed E-state index contributed by atoms with van der Waals surface area (Å²) in [5, 5.41) is 14.5. The maximum Gasteiger partial charge on any atom is 0.305 e. The molecule has 1 heterocycles. The van der Waals surface area contributed by atoms with Crippen LogP contribution in [0, 0.1) is 0 Å². The molecule has 1 N–H and O–H groups in total. The van der Waals surface area contributed by atoms with E-state index in [-0.39, 0.29) is 18.7 Å². The lowest BCUT2D eigenvalue weighted by molar-refractivity contribution is -0.137. The van der Waals surface area contributed by atoms with E-state index in [1.165, 1.54) is 6.08 Å². The van der Waals surface area contributed by atoms with Gasteiger partial charge in [-0.1, -0.05) is 35.3 Å². The van der Waals surface area contributed by atoms with Crippen LogP contribution < -0.4 is 0 Å². The zero-order valence-corrected chi connectivity index (χ0v) is 16.2. The molecular weight excluding hydrogens is 399 g/mol. The van der Waals surface area contributed by atoms with Crippen LogP contribution in [0.15, 0.2) is 60.8 Å². The van der Waals surface area contributed by atoms with Gasteiger partial charge in [-0.3, -0.25) is 14.3 Å². The van der Waals surface area contributed by atoms with E-state index in [4.69, 9.17) is 28.3 Å². The number of carboxylic acid groups (broad SMARTS) is 1. The average Bonchev–Trinajstić information content (AvgIpc) is 3.08. The lowest BCUT2D eigenvalue weighted by Crippen LogP contribution is -2.04. The normalized spacial score (nSPS) is 11.1. The summed E-state index contributed by atoms with van der Waals surface area (Å²) in [6.45, 7) is 0.224. The number of aromatic nitrogens is 2. The van der Waals surface area contributed by atoms with Crippen LogP contribution in [0.25, 0.3) is 17.3 Å². The van der Waals surface area contributed by atoms with E-state index in [1.807, 2.05) is 6.07 Å². The first kappa shape index (κ1) is 19.9. The zero-order chi connectivity index (χ0) is 20.1. The predicted octanol–water partition coefficient (Wildman–Crippen LogP) is 5.23. The second-order valence-corrected chi connectivity index (χ2v) is 6.93. The third-order valence-corrected chi connectivity index (χ3v) is 4.47. The van der Waals surface area contributed by atoms with Crippen molar-refractivity contribution in [1.82, 2.24) is 9.78 Å². The van der Waals surface area contributed by atoms with Gasteiger partial charge >= 0.3 is 5.97 Å². The average molecular weight is 415 g/mol. The van der Waals surface area contributed by atoms with Gasteiger partial charge in [-0.15, -0.1) is 0 Å². The smallest absolute Gasteiger partial charge is 0.305 e. The number of aryl methyl sites for hydroxylation is 1. The Hall–Kier alpha value is -2.89. The summed E-state index contributed by atoms with van der Waals surface area (Å²) in [7, 11) is 0. The Morgan fingerprint density at radius 3 is 2.50 bits per heavy atom. The zero-order valence-electron chi connectivity index (χ0n) is 14.7. The van der Waals surface area contributed by atoms with Gasteiger partial charge in [-0.05, 0) is 48.6 Å². The first-order valence-corrected chi connectivity index (χ1v) is 9.21. The van der Waals surface area contributed by atoms with Crippen molar-refractivity contribution >= 4 is 41.0 Å². The summed E-state index contributed by atoms with van der Waals surface area (Å²) in [4.78, 5) is 23.2. The van der Waals surface area contributed by atoms with Gasteiger partial charge in [0.25, 0.3) is 0 Å². The number of nitrogens with zero attached hydrogens (tertiary/aromatic N) is 2. The van der Waals surface area contributed by atoms with Crippen molar-refractivity contribution in [2.24, 2.45) is 0 Å². The van der Waals surface area contributed by atoms with E-state index in [0.29, 0.717) is 26.9 Å². The first-order chi connectivity index (χ1) is 13.4. The van der Waals surface area contributed by atoms with Gasteiger partial charge < -0.3 is 5.11 Å². The van der Waals surface area contributed by atoms with Crippen LogP contribution in [0.4, 0.5) is 0 Å². The first-order valence-electron chi connectivity index (χ1n) is 8.45. The van der Waals surface area contributed by atoms with Gasteiger partial charge in [0.1, 0.15) is 0 Å². The van der Waals surface area contributed by atoms with E-state index in [1.54, 1.807) is 59.4 Å². The van der Waals surface area contributed by atoms with Crippen molar-refractivity contribution in [3.8, 4) is 11.3 Å². The Balaban J connectivity index is 1.92. The molecule has 28 heavy (non-hydrogen) atoms. The second-order valence-electron chi connectivity index (χ2n) is 6.05. The number of carboxylic acids is 1. The number of halogens is 2. The van der Waals surface area contributed by atoms with Crippen molar-refractivity contribution in [3.05, 3.63) is 82.0 Å². The molecule has 0 spiro atoms. The van der Waals surface area contributed by atoms with Crippen LogP contribution >= 0.6 is 23.2 Å². The van der Waals surface area contributed by atoms with Crippen LogP contribution in [0.2, 0.25) is 10.0 Å². The fourth-order valence-electron chi connectivity index (χ4n) is 2.62. The van der Waals surface area contributed by atoms with Gasteiger partial charge in [0.15, 0.2) is 5.78 Å². The maximum atomic E-state index is 12.4. The Morgan fingerprint density at radius 2 is 1.82 bits per heavy atom. The van der Waals surface area contributed by atoms with Crippen LogP contribution in [-0.4, -0.2) is 26.6 Å². The second kappa shape index (κ2) is 8.87. The van der Waals surface area contributed by atoms with Crippen LogP contribution in [0.3, 0.4) is 0 Å².